The van der Waals surface area contributed by atoms with E-state index in [4.69, 9.17) is 9.84 Å². The summed E-state index contributed by atoms with van der Waals surface area (Å²) in [5.74, 6) is -0.711. The van der Waals surface area contributed by atoms with Gasteiger partial charge in [0.25, 0.3) is 0 Å². The van der Waals surface area contributed by atoms with E-state index in [1.165, 1.54) is 19.2 Å². The van der Waals surface area contributed by atoms with Gasteiger partial charge in [0.2, 0.25) is 11.8 Å². The summed E-state index contributed by atoms with van der Waals surface area (Å²) in [4.78, 5) is 10.8. The molecule has 0 saturated carbocycles. The lowest BCUT2D eigenvalue weighted by atomic mass is 10.6. The second kappa shape index (κ2) is 4.56. The molecule has 7 nitrogen and oxygen atoms in total. The number of amides is 1. The maximum Gasteiger partial charge on any atom is 0.426 e. The second-order valence-corrected chi connectivity index (χ2v) is 2.76. The molecule has 7 heteroatoms. The molecule has 0 fully saturated rings. The van der Waals surface area contributed by atoms with Gasteiger partial charge in [0.1, 0.15) is 0 Å². The highest BCUT2D eigenvalue weighted by Crippen LogP contribution is 2.21. The van der Waals surface area contributed by atoms with Crippen LogP contribution in [0.25, 0.3) is 0 Å². The molecule has 0 aliphatic rings. The number of ether oxygens (including phenoxy) is 1. The van der Waals surface area contributed by atoms with E-state index in [0.29, 0.717) is 0 Å². The zero-order chi connectivity index (χ0) is 11.4. The number of carboxylic acid groups (broad SMARTS) is 1. The molecule has 0 unspecified atom stereocenters. The van der Waals surface area contributed by atoms with E-state index in [0.717, 1.165) is 9.69 Å². The van der Waals surface area contributed by atoms with Gasteiger partial charge in [-0.05, 0) is 0 Å². The molecule has 1 aromatic rings. The third-order valence-corrected chi connectivity index (χ3v) is 1.78. The lowest BCUT2D eigenvalue weighted by molar-refractivity contribution is 0.173. The van der Waals surface area contributed by atoms with Crippen molar-refractivity contribution in [2.75, 3.05) is 25.3 Å². The van der Waals surface area contributed by atoms with Crippen LogP contribution in [0, 0.1) is 0 Å². The molecule has 0 atom stereocenters. The molecule has 1 heterocycles. The Hall–Kier alpha value is -1.89. The number of nitrogens with zero attached hydrogens (tertiary/aromatic N) is 2. The molecule has 0 aliphatic heterocycles. The number of aromatic hydroxyl groups is 2. The van der Waals surface area contributed by atoms with Gasteiger partial charge < -0.3 is 20.1 Å². The van der Waals surface area contributed by atoms with Gasteiger partial charge in [-0.2, -0.15) is 4.68 Å². The third kappa shape index (κ3) is 2.32. The first-order valence-corrected chi connectivity index (χ1v) is 4.17. The summed E-state index contributed by atoms with van der Waals surface area (Å²) < 4.78 is 5.50. The Labute approximate surface area is 85.7 Å². The van der Waals surface area contributed by atoms with Crippen molar-refractivity contribution in [2.45, 2.75) is 0 Å². The average molecular weight is 216 g/mol. The van der Waals surface area contributed by atoms with E-state index in [9.17, 15) is 15.0 Å². The molecule has 0 aromatic carbocycles. The van der Waals surface area contributed by atoms with Gasteiger partial charge in [-0.3, -0.25) is 0 Å². The predicted octanol–water partition coefficient (Wildman–Crippen LogP) is 0.162. The van der Waals surface area contributed by atoms with Crippen LogP contribution in [0.15, 0.2) is 12.1 Å². The van der Waals surface area contributed by atoms with E-state index in [1.807, 2.05) is 0 Å². The molecule has 0 aliphatic carbocycles. The Balaban J connectivity index is 2.93. The van der Waals surface area contributed by atoms with Crippen LogP contribution in [-0.2, 0) is 4.74 Å². The maximum absolute atomic E-state index is 10.8. The SMILES string of the molecule is COCCN(C(=O)O)n1c(O)ccc1O. The first-order chi connectivity index (χ1) is 7.07. The first kappa shape index (κ1) is 11.2. The zero-order valence-electron chi connectivity index (χ0n) is 8.12. The maximum atomic E-state index is 10.8. The van der Waals surface area contributed by atoms with Crippen molar-refractivity contribution in [3.63, 3.8) is 0 Å². The van der Waals surface area contributed by atoms with Crippen molar-refractivity contribution in [2.24, 2.45) is 0 Å². The average Bonchev–Trinajstić information content (AvgIpc) is 2.49. The highest BCUT2D eigenvalue weighted by molar-refractivity contribution is 5.77. The number of carbonyl (C=O) groups is 1. The Kier molecular flexibility index (Phi) is 3.40. The van der Waals surface area contributed by atoms with Crippen molar-refractivity contribution in [3.05, 3.63) is 12.1 Å². The minimum absolute atomic E-state index is 0.00162. The van der Waals surface area contributed by atoms with Crippen LogP contribution in [0.1, 0.15) is 0 Å². The molecule has 1 amide bonds. The van der Waals surface area contributed by atoms with Gasteiger partial charge in [-0.25, -0.2) is 9.80 Å². The number of hydrogen-bond acceptors (Lipinski definition) is 4. The summed E-state index contributed by atoms with van der Waals surface area (Å²) in [6.07, 6.45) is -1.30. The zero-order valence-corrected chi connectivity index (χ0v) is 8.12. The number of methoxy groups -OCH3 is 1. The molecular weight excluding hydrogens is 204 g/mol. The van der Waals surface area contributed by atoms with Gasteiger partial charge in [0.05, 0.1) is 13.2 Å². The van der Waals surface area contributed by atoms with Crippen molar-refractivity contribution in [1.29, 1.82) is 0 Å². The van der Waals surface area contributed by atoms with Crippen LogP contribution in [0.4, 0.5) is 4.79 Å². The fourth-order valence-electron chi connectivity index (χ4n) is 1.11. The molecule has 15 heavy (non-hydrogen) atoms. The van der Waals surface area contributed by atoms with Crippen LogP contribution < -0.4 is 5.01 Å². The molecule has 1 rings (SSSR count). The van der Waals surface area contributed by atoms with Crippen molar-refractivity contribution in [3.8, 4) is 11.8 Å². The van der Waals surface area contributed by atoms with Gasteiger partial charge in [0, 0.05) is 19.2 Å². The van der Waals surface area contributed by atoms with E-state index in [-0.39, 0.29) is 24.9 Å². The Morgan fingerprint density at radius 2 is 2.00 bits per heavy atom. The molecular formula is C8H12N2O5. The molecule has 3 N–H and O–H groups in total. The lowest BCUT2D eigenvalue weighted by Gasteiger charge is -2.21. The summed E-state index contributed by atoms with van der Waals surface area (Å²) in [5.41, 5.74) is 0. The van der Waals surface area contributed by atoms with Crippen LogP contribution in [-0.4, -0.2) is 46.4 Å². The lowest BCUT2D eigenvalue weighted by Crippen LogP contribution is -2.41. The summed E-state index contributed by atoms with van der Waals surface area (Å²) in [6.45, 7) is 0.158. The molecule has 0 radical (unpaired) electrons. The summed E-state index contributed by atoms with van der Waals surface area (Å²) in [6, 6.07) is 2.39. The van der Waals surface area contributed by atoms with E-state index >= 15 is 0 Å². The van der Waals surface area contributed by atoms with E-state index in [2.05, 4.69) is 0 Å². The highest BCUT2D eigenvalue weighted by Gasteiger charge is 2.19. The number of hydrogen-bond donors (Lipinski definition) is 3. The Morgan fingerprint density at radius 3 is 2.40 bits per heavy atom. The number of rotatable bonds is 4. The van der Waals surface area contributed by atoms with Gasteiger partial charge >= 0.3 is 6.09 Å². The molecule has 0 saturated heterocycles. The third-order valence-electron chi connectivity index (χ3n) is 1.78. The van der Waals surface area contributed by atoms with Gasteiger partial charge in [0.15, 0.2) is 0 Å². The van der Waals surface area contributed by atoms with Gasteiger partial charge in [-0.1, -0.05) is 0 Å². The summed E-state index contributed by atoms with van der Waals surface area (Å²) in [5, 5.41) is 28.2. The molecule has 0 bridgehead atoms. The minimum atomic E-state index is -1.30. The van der Waals surface area contributed by atoms with Gasteiger partial charge in [-0.15, -0.1) is 0 Å². The predicted molar refractivity (Wildman–Crippen MR) is 50.7 cm³/mol. The normalized spacial score (nSPS) is 10.2. The summed E-state index contributed by atoms with van der Waals surface area (Å²) >= 11 is 0. The second-order valence-electron chi connectivity index (χ2n) is 2.76. The largest absolute Gasteiger partial charge is 0.493 e. The van der Waals surface area contributed by atoms with Crippen LogP contribution in [0.2, 0.25) is 0 Å². The van der Waals surface area contributed by atoms with Crippen LogP contribution in [0.3, 0.4) is 0 Å². The van der Waals surface area contributed by atoms with Crippen LogP contribution in [0.5, 0.6) is 11.8 Å². The van der Waals surface area contributed by atoms with Crippen LogP contribution >= 0.6 is 0 Å². The van der Waals surface area contributed by atoms with E-state index in [1.54, 1.807) is 0 Å². The van der Waals surface area contributed by atoms with E-state index < -0.39 is 6.09 Å². The molecule has 0 spiro atoms. The standard InChI is InChI=1S/C8H12N2O5/c1-15-5-4-9(8(13)14)10-6(11)2-3-7(10)12/h2-3,11-12H,4-5H2,1H3,(H,13,14). The fraction of sp³-hybridized carbons (Fsp3) is 0.375. The fourth-order valence-corrected chi connectivity index (χ4v) is 1.11. The summed E-state index contributed by atoms with van der Waals surface area (Å²) in [7, 11) is 1.43. The highest BCUT2D eigenvalue weighted by atomic mass is 16.5. The van der Waals surface area contributed by atoms with Crippen molar-refractivity contribution >= 4 is 6.09 Å². The monoisotopic (exact) mass is 216 g/mol. The van der Waals surface area contributed by atoms with Crippen molar-refractivity contribution < 1.29 is 24.9 Å². The molecule has 1 aromatic heterocycles. The number of aromatic nitrogens is 1. The Bertz CT molecular complexity index is 329. The smallest absolute Gasteiger partial charge is 0.426 e. The first-order valence-electron chi connectivity index (χ1n) is 4.17. The van der Waals surface area contributed by atoms with Crippen molar-refractivity contribution in [1.82, 2.24) is 4.68 Å². The Morgan fingerprint density at radius 1 is 1.47 bits per heavy atom. The quantitative estimate of drug-likeness (QED) is 0.666. The topological polar surface area (TPSA) is 95.2 Å². The molecule has 84 valence electrons. The minimum Gasteiger partial charge on any atom is -0.493 e.